The summed E-state index contributed by atoms with van der Waals surface area (Å²) in [7, 11) is 0. The molecule has 0 fully saturated rings. The molecule has 0 atom stereocenters. The van der Waals surface area contributed by atoms with Crippen LogP contribution in [0.5, 0.6) is 0 Å². The van der Waals surface area contributed by atoms with Gasteiger partial charge in [-0.25, -0.2) is 0 Å². The van der Waals surface area contributed by atoms with Crippen LogP contribution >= 0.6 is 0 Å². The van der Waals surface area contributed by atoms with E-state index in [1.54, 1.807) is 0 Å². The minimum Gasteiger partial charge on any atom is 0 e. The largest absolute Gasteiger partial charge is 0 e. The Bertz CT molecular complexity index is 55.8. The second-order valence-electron chi connectivity index (χ2n) is 0.513. The fourth-order valence-electron chi connectivity index (χ4n) is 0. The van der Waals surface area contributed by atoms with E-state index >= 15 is 0 Å². The van der Waals surface area contributed by atoms with Crippen molar-refractivity contribution in [3.63, 3.8) is 0 Å². The van der Waals surface area contributed by atoms with Crippen LogP contribution in [-0.4, -0.2) is 64.5 Å². The summed E-state index contributed by atoms with van der Waals surface area (Å²) in [5, 5.41) is 0. The summed E-state index contributed by atoms with van der Waals surface area (Å²) in [5.41, 5.74) is 0. The van der Waals surface area contributed by atoms with Crippen molar-refractivity contribution < 1.29 is 16.0 Å². The van der Waals surface area contributed by atoms with Gasteiger partial charge in [-0.3, -0.25) is 0 Å². The van der Waals surface area contributed by atoms with Gasteiger partial charge in [0, 0.05) is 37.7 Å². The second-order valence-corrected chi connectivity index (χ2v) is 2.67. The summed E-state index contributed by atoms with van der Waals surface area (Å²) in [5.74, 6) is 0. The molecule has 0 aromatic carbocycles. The average molecular weight is 156 g/mol. The van der Waals surface area contributed by atoms with E-state index < -0.39 is 14.5 Å². The molecular formula is H3AsLi2O4. The predicted octanol–water partition coefficient (Wildman–Crippen LogP) is -2.93. The Morgan fingerprint density at radius 1 is 1.00 bits per heavy atom. The molecule has 4 nitrogen and oxygen atoms in total. The van der Waals surface area contributed by atoms with Crippen molar-refractivity contribution in [2.24, 2.45) is 0 Å². The van der Waals surface area contributed by atoms with Crippen LogP contribution in [-0.2, 0) is 3.74 Å². The average Bonchev–Trinajstić information content (AvgIpc) is 0.722. The summed E-state index contributed by atoms with van der Waals surface area (Å²) >= 11 is -5.12. The van der Waals surface area contributed by atoms with Crippen molar-refractivity contribution >= 4 is 52.2 Å². The summed E-state index contributed by atoms with van der Waals surface area (Å²) in [6.07, 6.45) is 0. The van der Waals surface area contributed by atoms with Crippen molar-refractivity contribution in [2.45, 2.75) is 0 Å². The van der Waals surface area contributed by atoms with Gasteiger partial charge in [0.25, 0.3) is 0 Å². The van der Waals surface area contributed by atoms with Gasteiger partial charge in [0.2, 0.25) is 0 Å². The Kier molecular flexibility index (Phi) is 12.6. The van der Waals surface area contributed by atoms with E-state index in [4.69, 9.17) is 16.0 Å². The molecule has 0 unspecified atom stereocenters. The fourth-order valence-corrected chi connectivity index (χ4v) is 0. The molecule has 0 amide bonds. The number of hydrogen-bond donors (Lipinski definition) is 3. The minimum absolute atomic E-state index is 0. The maximum absolute atomic E-state index is 8.94. The van der Waals surface area contributed by atoms with Gasteiger partial charge in [-0.15, -0.1) is 0 Å². The van der Waals surface area contributed by atoms with Crippen LogP contribution < -0.4 is 0 Å². The van der Waals surface area contributed by atoms with E-state index in [2.05, 4.69) is 0 Å². The third-order valence-corrected chi connectivity index (χ3v) is 0. The van der Waals surface area contributed by atoms with Crippen molar-refractivity contribution in [3.05, 3.63) is 0 Å². The first kappa shape index (κ1) is 15.8. The first-order valence-electron chi connectivity index (χ1n) is 0.783. The molecule has 0 rings (SSSR count). The molecule has 7 heteroatoms. The zero-order chi connectivity index (χ0) is 4.50. The normalized spacial score (nSPS) is 8.43. The molecule has 0 heterocycles. The molecule has 0 aliphatic rings. The molecule has 0 spiro atoms. The van der Waals surface area contributed by atoms with E-state index in [-0.39, 0.29) is 37.7 Å². The van der Waals surface area contributed by atoms with Crippen molar-refractivity contribution in [3.8, 4) is 0 Å². The third-order valence-electron chi connectivity index (χ3n) is 0. The van der Waals surface area contributed by atoms with Crippen LogP contribution in [0, 0.1) is 0 Å². The van der Waals surface area contributed by atoms with Gasteiger partial charge in [0.1, 0.15) is 0 Å². The predicted molar refractivity (Wildman–Crippen MR) is 24.6 cm³/mol. The Morgan fingerprint density at radius 3 is 1.00 bits per heavy atom. The van der Waals surface area contributed by atoms with Gasteiger partial charge in [-0.1, -0.05) is 0 Å². The van der Waals surface area contributed by atoms with Crippen LogP contribution in [0.1, 0.15) is 0 Å². The molecular weight excluding hydrogens is 153 g/mol. The quantitative estimate of drug-likeness (QED) is 0.328. The maximum atomic E-state index is 8.94. The van der Waals surface area contributed by atoms with Crippen molar-refractivity contribution in [2.75, 3.05) is 0 Å². The third kappa shape index (κ3) is 107. The Labute approximate surface area is 68.0 Å². The molecule has 34 valence electrons. The molecule has 0 saturated heterocycles. The summed E-state index contributed by atoms with van der Waals surface area (Å²) < 4.78 is 30.7. The summed E-state index contributed by atoms with van der Waals surface area (Å²) in [6.45, 7) is 0. The van der Waals surface area contributed by atoms with Crippen molar-refractivity contribution in [1.82, 2.24) is 0 Å². The van der Waals surface area contributed by atoms with Gasteiger partial charge in [-0.05, 0) is 0 Å². The van der Waals surface area contributed by atoms with E-state index in [0.717, 1.165) is 0 Å². The van der Waals surface area contributed by atoms with Crippen LogP contribution in [0.15, 0.2) is 0 Å². The molecule has 0 aliphatic heterocycles. The van der Waals surface area contributed by atoms with Crippen LogP contribution in [0.25, 0.3) is 0 Å². The van der Waals surface area contributed by atoms with Gasteiger partial charge >= 0.3 is 30.5 Å². The molecule has 0 aromatic heterocycles. The fraction of sp³-hybridized carbons (Fsp3) is 0. The van der Waals surface area contributed by atoms with Crippen LogP contribution in [0.2, 0.25) is 0 Å². The van der Waals surface area contributed by atoms with Crippen molar-refractivity contribution in [1.29, 1.82) is 0 Å². The maximum Gasteiger partial charge on any atom is 0 e. The smallest absolute Gasteiger partial charge is 0 e. The molecule has 2 radical (unpaired) electrons. The number of hydrogen-bond acceptors (Lipinski definition) is 1. The zero-order valence-corrected chi connectivity index (χ0v) is 6.07. The zero-order valence-electron chi connectivity index (χ0n) is 4.20. The first-order chi connectivity index (χ1) is 2.00. The first-order valence-corrected chi connectivity index (χ1v) is 4.07. The van der Waals surface area contributed by atoms with E-state index in [1.807, 2.05) is 0 Å². The standard InChI is InChI=1S/AsH3O4.2Li/c2-1(3,4)5;;/h(H3,2,3,4,5);;. The molecule has 7 heavy (non-hydrogen) atoms. The molecule has 0 saturated carbocycles. The topological polar surface area (TPSA) is 77.8 Å². The number of rotatable bonds is 0. The second kappa shape index (κ2) is 5.57. The van der Waals surface area contributed by atoms with Gasteiger partial charge in [0.15, 0.2) is 0 Å². The van der Waals surface area contributed by atoms with Gasteiger partial charge in [0.05, 0.1) is 0 Å². The SMILES string of the molecule is O=[As](O)(O)O.[Li].[Li]. The Hall–Kier alpha value is 1.43. The van der Waals surface area contributed by atoms with Crippen LogP contribution in [0.3, 0.4) is 0 Å². The van der Waals surface area contributed by atoms with E-state index in [1.165, 1.54) is 0 Å². The summed E-state index contributed by atoms with van der Waals surface area (Å²) in [6, 6.07) is 0. The molecule has 0 aliphatic carbocycles. The summed E-state index contributed by atoms with van der Waals surface area (Å²) in [4.78, 5) is 0. The van der Waals surface area contributed by atoms with E-state index in [9.17, 15) is 0 Å². The Morgan fingerprint density at radius 2 is 1.00 bits per heavy atom. The van der Waals surface area contributed by atoms with Gasteiger partial charge in [-0.2, -0.15) is 0 Å². The van der Waals surface area contributed by atoms with Crippen LogP contribution in [0.4, 0.5) is 0 Å². The molecule has 3 N–H and O–H groups in total. The van der Waals surface area contributed by atoms with E-state index in [0.29, 0.717) is 0 Å². The van der Waals surface area contributed by atoms with Gasteiger partial charge < -0.3 is 0 Å². The molecule has 0 bridgehead atoms. The Balaban J connectivity index is -0.0000000800. The monoisotopic (exact) mass is 156 g/mol. The minimum atomic E-state index is -5.12. The molecule has 0 aromatic rings.